The van der Waals surface area contributed by atoms with Crippen molar-refractivity contribution >= 4 is 41.1 Å². The maximum Gasteiger partial charge on any atom is 1.00 e. The molecule has 0 aliphatic carbocycles. The molecule has 0 bridgehead atoms. The minimum Gasteiger partial charge on any atom is -0.744 e. The topological polar surface area (TPSA) is 172 Å². The summed E-state index contributed by atoms with van der Waals surface area (Å²) in [6, 6.07) is 3.45. The van der Waals surface area contributed by atoms with E-state index in [0.717, 1.165) is 18.2 Å². The summed E-state index contributed by atoms with van der Waals surface area (Å²) in [5, 5.41) is -0.668. The van der Waals surface area contributed by atoms with E-state index in [-0.39, 0.29) is 160 Å². The molecule has 0 unspecified atom stereocenters. The van der Waals surface area contributed by atoms with Crippen LogP contribution >= 0.6 is 0 Å². The average molecular weight is 483 g/mol. The molecule has 0 saturated heterocycles. The average Bonchev–Trinajstić information content (AvgIpc) is 2.33. The van der Waals surface area contributed by atoms with Crippen molar-refractivity contribution in [2.75, 3.05) is 0 Å². The van der Waals surface area contributed by atoms with Gasteiger partial charge in [0, 0.05) is 5.39 Å². The Bertz CT molecular complexity index is 1090. The summed E-state index contributed by atoms with van der Waals surface area (Å²) < 4.78 is 99.4. The normalized spacial score (nSPS) is 11.8. The van der Waals surface area contributed by atoms with Crippen LogP contribution in [0.2, 0.25) is 0 Å². The first-order valence-corrected chi connectivity index (χ1v) is 9.48. The molecule has 9 nitrogen and oxygen atoms in total. The first-order chi connectivity index (χ1) is 9.80. The van der Waals surface area contributed by atoms with E-state index in [9.17, 15) is 38.9 Å². The van der Waals surface area contributed by atoms with Crippen molar-refractivity contribution < 1.29 is 193 Å². The summed E-state index contributed by atoms with van der Waals surface area (Å²) in [6.45, 7) is 0. The zero-order chi connectivity index (χ0) is 16.9. The van der Waals surface area contributed by atoms with Gasteiger partial charge in [0.2, 0.25) is 0 Å². The molecule has 0 aliphatic heterocycles. The zero-order valence-corrected chi connectivity index (χ0v) is 25.1. The molecule has 25 heavy (non-hydrogen) atoms. The Kier molecular flexibility index (Phi) is 13.6. The van der Waals surface area contributed by atoms with Crippen LogP contribution in [-0.4, -0.2) is 38.9 Å². The van der Waals surface area contributed by atoms with E-state index in [4.69, 9.17) is 0 Å². The van der Waals surface area contributed by atoms with Crippen LogP contribution in [-0.2, 0) is 30.4 Å². The molecule has 2 rings (SSSR count). The fourth-order valence-electron chi connectivity index (χ4n) is 1.78. The van der Waals surface area contributed by atoms with E-state index in [2.05, 4.69) is 0 Å². The molecule has 0 amide bonds. The van der Waals surface area contributed by atoms with Gasteiger partial charge in [-0.3, -0.25) is 0 Å². The monoisotopic (exact) mass is 482 g/mol. The Morgan fingerprint density at radius 3 is 1.48 bits per heavy atom. The van der Waals surface area contributed by atoms with Crippen molar-refractivity contribution in [2.24, 2.45) is 0 Å². The molecular formula is C10H5K3O9S3. The maximum atomic E-state index is 11.2. The van der Waals surface area contributed by atoms with Crippen LogP contribution in [0.4, 0.5) is 0 Å². The Hall–Kier alpha value is 3.34. The molecule has 15 heteroatoms. The van der Waals surface area contributed by atoms with Gasteiger partial charge in [0.25, 0.3) is 0 Å². The van der Waals surface area contributed by atoms with Crippen LogP contribution in [0.3, 0.4) is 0 Å². The Morgan fingerprint density at radius 2 is 1.08 bits per heavy atom. The zero-order valence-electron chi connectivity index (χ0n) is 13.3. The number of benzene rings is 2. The number of fused-ring (bicyclic) bond motifs is 1. The maximum absolute atomic E-state index is 11.2. The van der Waals surface area contributed by atoms with Crippen LogP contribution in [0, 0.1) is 0 Å². The molecule has 0 heterocycles. The van der Waals surface area contributed by atoms with Gasteiger partial charge in [-0.1, -0.05) is 6.07 Å². The van der Waals surface area contributed by atoms with Gasteiger partial charge < -0.3 is 13.7 Å². The summed E-state index contributed by atoms with van der Waals surface area (Å²) >= 11 is 0. The van der Waals surface area contributed by atoms with E-state index in [0.29, 0.717) is 12.1 Å². The molecule has 120 valence electrons. The molecule has 0 N–H and O–H groups in total. The molecular weight excluding hydrogens is 478 g/mol. The van der Waals surface area contributed by atoms with Gasteiger partial charge in [0.15, 0.2) is 0 Å². The standard InChI is InChI=1S/C10H8O9S3.3K/c11-20(12,13)7-2-1-6-3-8(21(14,15)16)5-10(9(6)4-7)22(17,18)19;;;/h1-5H,(H,11,12,13)(H,14,15,16)(H,17,18,19);;;/q;3*+1/p-3. The fraction of sp³-hybridized carbons (Fsp3) is 0. The van der Waals surface area contributed by atoms with Crippen LogP contribution < -0.4 is 154 Å². The molecule has 2 aromatic carbocycles. The molecule has 0 fully saturated rings. The van der Waals surface area contributed by atoms with Gasteiger partial charge in [-0.25, -0.2) is 25.3 Å². The van der Waals surface area contributed by atoms with Gasteiger partial charge in [-0.05, 0) is 29.7 Å². The van der Waals surface area contributed by atoms with E-state index in [1.807, 2.05) is 0 Å². The Morgan fingerprint density at radius 1 is 0.600 bits per heavy atom. The first kappa shape index (κ1) is 30.5. The predicted molar refractivity (Wildman–Crippen MR) is 67.8 cm³/mol. The minimum atomic E-state index is -5.22. The van der Waals surface area contributed by atoms with Gasteiger partial charge >= 0.3 is 154 Å². The second kappa shape index (κ2) is 11.1. The van der Waals surface area contributed by atoms with Crippen molar-refractivity contribution in [2.45, 2.75) is 14.7 Å². The third-order valence-corrected chi connectivity index (χ3v) is 5.23. The van der Waals surface area contributed by atoms with Crippen LogP contribution in [0.15, 0.2) is 45.0 Å². The predicted octanol–water partition coefficient (Wildman–Crippen LogP) is -9.44. The van der Waals surface area contributed by atoms with Crippen molar-refractivity contribution in [3.8, 4) is 0 Å². The summed E-state index contributed by atoms with van der Waals surface area (Å²) in [4.78, 5) is -2.88. The summed E-state index contributed by atoms with van der Waals surface area (Å²) in [5.74, 6) is 0. The molecule has 2 aromatic rings. The van der Waals surface area contributed by atoms with Crippen molar-refractivity contribution in [3.05, 3.63) is 30.3 Å². The van der Waals surface area contributed by atoms with Gasteiger partial charge in [-0.15, -0.1) is 0 Å². The quantitative estimate of drug-likeness (QED) is 0.304. The first-order valence-electron chi connectivity index (χ1n) is 5.26. The summed E-state index contributed by atoms with van der Waals surface area (Å²) in [5.41, 5.74) is 0. The molecule has 0 atom stereocenters. The third kappa shape index (κ3) is 8.17. The van der Waals surface area contributed by atoms with Crippen LogP contribution in [0.25, 0.3) is 10.8 Å². The summed E-state index contributed by atoms with van der Waals surface area (Å²) in [7, 11) is -15.2. The smallest absolute Gasteiger partial charge is 0.744 e. The van der Waals surface area contributed by atoms with Gasteiger partial charge in [0.1, 0.15) is 30.4 Å². The molecule has 0 aliphatic rings. The molecule has 0 aromatic heterocycles. The van der Waals surface area contributed by atoms with Gasteiger partial charge in [0.05, 0.1) is 14.7 Å². The molecule has 0 saturated carbocycles. The number of rotatable bonds is 3. The minimum absolute atomic E-state index is 0. The largest absolute Gasteiger partial charge is 1.00 e. The van der Waals surface area contributed by atoms with Gasteiger partial charge in [-0.2, -0.15) is 0 Å². The second-order valence-corrected chi connectivity index (χ2v) is 8.27. The fourth-order valence-corrected chi connectivity index (χ4v) is 3.61. The van der Waals surface area contributed by atoms with E-state index >= 15 is 0 Å². The third-order valence-electron chi connectivity index (χ3n) is 2.71. The Balaban J connectivity index is 0. The van der Waals surface area contributed by atoms with E-state index in [1.165, 1.54) is 0 Å². The van der Waals surface area contributed by atoms with Crippen LogP contribution in [0.1, 0.15) is 0 Å². The van der Waals surface area contributed by atoms with Crippen molar-refractivity contribution in [1.82, 2.24) is 0 Å². The van der Waals surface area contributed by atoms with Crippen molar-refractivity contribution in [3.63, 3.8) is 0 Å². The van der Waals surface area contributed by atoms with E-state index in [1.54, 1.807) is 0 Å². The summed E-state index contributed by atoms with van der Waals surface area (Å²) in [6.07, 6.45) is 0. The van der Waals surface area contributed by atoms with E-state index < -0.39 is 50.4 Å². The molecule has 0 radical (unpaired) electrons. The SMILES string of the molecule is O=S(=O)([O-])c1cc(S(=O)(=O)[O-])c2cc(S(=O)(=O)[O-])ccc2c1.[K+].[K+].[K+]. The van der Waals surface area contributed by atoms with Crippen LogP contribution in [0.5, 0.6) is 0 Å². The molecule has 0 spiro atoms. The number of hydrogen-bond acceptors (Lipinski definition) is 9. The van der Waals surface area contributed by atoms with Crippen molar-refractivity contribution in [1.29, 1.82) is 0 Å². The number of hydrogen-bond donors (Lipinski definition) is 0. The second-order valence-electron chi connectivity index (χ2n) is 4.17. The Labute approximate surface area is 272 Å².